The van der Waals surface area contributed by atoms with Crippen LogP contribution in [0, 0.1) is 13.8 Å². The van der Waals surface area contributed by atoms with Gasteiger partial charge >= 0.3 is 0 Å². The van der Waals surface area contributed by atoms with Crippen molar-refractivity contribution in [3.05, 3.63) is 82.9 Å². The Morgan fingerprint density at radius 1 is 1.09 bits per heavy atom. The van der Waals surface area contributed by atoms with Crippen molar-refractivity contribution < 1.29 is 4.74 Å². The summed E-state index contributed by atoms with van der Waals surface area (Å²) in [5.41, 5.74) is 3.66. The molecule has 0 aliphatic carbocycles. The van der Waals surface area contributed by atoms with Crippen LogP contribution in [0.2, 0.25) is 0 Å². The van der Waals surface area contributed by atoms with E-state index in [9.17, 15) is 0 Å². The van der Waals surface area contributed by atoms with Crippen molar-refractivity contribution in [1.29, 1.82) is 0 Å². The maximum absolute atomic E-state index is 6.12. The second-order valence-electron chi connectivity index (χ2n) is 7.86. The maximum atomic E-state index is 6.12. The third kappa shape index (κ3) is 5.86. The molecular formula is C24H31IN6O. The summed E-state index contributed by atoms with van der Waals surface area (Å²) in [6, 6.07) is 18.7. The van der Waals surface area contributed by atoms with Crippen LogP contribution in [0.15, 0.2) is 59.6 Å². The molecule has 0 amide bonds. The van der Waals surface area contributed by atoms with Gasteiger partial charge in [0.15, 0.2) is 11.8 Å². The van der Waals surface area contributed by atoms with Gasteiger partial charge in [0, 0.05) is 13.6 Å². The van der Waals surface area contributed by atoms with Crippen LogP contribution in [0.3, 0.4) is 0 Å². The summed E-state index contributed by atoms with van der Waals surface area (Å²) in [4.78, 5) is 7.22. The van der Waals surface area contributed by atoms with E-state index >= 15 is 0 Å². The SMILES string of the molecule is Cc1ccccc1C1CN(C(=NCc2ccccc2)NCc2nnc(C)n2C)CCO1.I. The third-order valence-electron chi connectivity index (χ3n) is 5.74. The first kappa shape index (κ1) is 24.2. The van der Waals surface area contributed by atoms with E-state index in [0.717, 1.165) is 30.7 Å². The van der Waals surface area contributed by atoms with Crippen LogP contribution in [0.25, 0.3) is 0 Å². The highest BCUT2D eigenvalue weighted by molar-refractivity contribution is 14.0. The van der Waals surface area contributed by atoms with Crippen LogP contribution in [0.4, 0.5) is 0 Å². The van der Waals surface area contributed by atoms with Gasteiger partial charge in [0.2, 0.25) is 0 Å². The van der Waals surface area contributed by atoms with Crippen LogP contribution >= 0.6 is 24.0 Å². The van der Waals surface area contributed by atoms with Crippen LogP contribution in [-0.2, 0) is 24.9 Å². The molecule has 0 saturated carbocycles. The van der Waals surface area contributed by atoms with Crippen molar-refractivity contribution in [1.82, 2.24) is 25.0 Å². The van der Waals surface area contributed by atoms with E-state index in [1.54, 1.807) is 0 Å². The van der Waals surface area contributed by atoms with Crippen molar-refractivity contribution in [3.8, 4) is 0 Å². The zero-order chi connectivity index (χ0) is 21.6. The van der Waals surface area contributed by atoms with Gasteiger partial charge in [0.1, 0.15) is 11.9 Å². The number of nitrogens with zero attached hydrogens (tertiary/aromatic N) is 5. The Balaban J connectivity index is 0.00000289. The van der Waals surface area contributed by atoms with Gasteiger partial charge in [-0.15, -0.1) is 34.2 Å². The molecule has 1 atom stereocenters. The maximum Gasteiger partial charge on any atom is 0.194 e. The smallest absolute Gasteiger partial charge is 0.194 e. The molecule has 1 aromatic heterocycles. The minimum Gasteiger partial charge on any atom is -0.370 e. The average Bonchev–Trinajstić information content (AvgIpc) is 3.12. The summed E-state index contributed by atoms with van der Waals surface area (Å²) in [6.07, 6.45) is 0.0238. The highest BCUT2D eigenvalue weighted by Crippen LogP contribution is 2.25. The number of nitrogens with one attached hydrogen (secondary N) is 1. The fourth-order valence-corrected chi connectivity index (χ4v) is 3.76. The fourth-order valence-electron chi connectivity index (χ4n) is 3.76. The van der Waals surface area contributed by atoms with Crippen molar-refractivity contribution in [2.45, 2.75) is 33.0 Å². The summed E-state index contributed by atoms with van der Waals surface area (Å²) in [7, 11) is 1.98. The zero-order valence-electron chi connectivity index (χ0n) is 18.9. The first-order valence-electron chi connectivity index (χ1n) is 10.7. The lowest BCUT2D eigenvalue weighted by molar-refractivity contribution is -0.00841. The molecule has 32 heavy (non-hydrogen) atoms. The number of guanidine groups is 1. The van der Waals surface area contributed by atoms with Crippen molar-refractivity contribution in [3.63, 3.8) is 0 Å². The van der Waals surface area contributed by atoms with Gasteiger partial charge in [0.25, 0.3) is 0 Å². The summed E-state index contributed by atoms with van der Waals surface area (Å²) in [5, 5.41) is 12.0. The van der Waals surface area contributed by atoms with E-state index in [-0.39, 0.29) is 30.1 Å². The second-order valence-corrected chi connectivity index (χ2v) is 7.86. The summed E-state index contributed by atoms with van der Waals surface area (Å²) < 4.78 is 8.12. The van der Waals surface area contributed by atoms with Crippen LogP contribution in [-0.4, -0.2) is 45.3 Å². The monoisotopic (exact) mass is 546 g/mol. The normalized spacial score (nSPS) is 16.5. The molecule has 4 rings (SSSR count). The number of hydrogen-bond acceptors (Lipinski definition) is 4. The molecule has 170 valence electrons. The molecule has 0 radical (unpaired) electrons. The molecule has 1 aliphatic rings. The van der Waals surface area contributed by atoms with Gasteiger partial charge in [-0.1, -0.05) is 54.6 Å². The number of halogens is 1. The van der Waals surface area contributed by atoms with E-state index < -0.39 is 0 Å². The molecule has 0 spiro atoms. The number of aryl methyl sites for hydroxylation is 2. The standard InChI is InChI=1S/C24H30N6O.HI/c1-18-9-7-8-12-21(18)22-17-30(13-14-31-22)24(25-15-20-10-5-4-6-11-20)26-16-23-28-27-19(2)29(23)3;/h4-12,22H,13-17H2,1-3H3,(H,25,26);1H. The molecule has 2 aromatic carbocycles. The Morgan fingerprint density at radius 2 is 1.84 bits per heavy atom. The van der Waals surface area contributed by atoms with Crippen LogP contribution in [0.5, 0.6) is 0 Å². The predicted molar refractivity (Wildman–Crippen MR) is 137 cm³/mol. The van der Waals surface area contributed by atoms with E-state index in [1.165, 1.54) is 16.7 Å². The van der Waals surface area contributed by atoms with Gasteiger partial charge in [-0.2, -0.15) is 0 Å². The number of ether oxygens (including phenoxy) is 1. The summed E-state index contributed by atoms with van der Waals surface area (Å²) in [5.74, 6) is 2.64. The predicted octanol–water partition coefficient (Wildman–Crippen LogP) is 3.77. The van der Waals surface area contributed by atoms with E-state index in [2.05, 4.69) is 63.7 Å². The highest BCUT2D eigenvalue weighted by atomic mass is 127. The number of benzene rings is 2. The molecule has 1 aliphatic heterocycles. The van der Waals surface area contributed by atoms with Crippen molar-refractivity contribution in [2.24, 2.45) is 12.0 Å². The average molecular weight is 546 g/mol. The Bertz CT molecular complexity index is 1040. The van der Waals surface area contributed by atoms with Crippen molar-refractivity contribution in [2.75, 3.05) is 19.7 Å². The Kier molecular flexibility index (Phi) is 8.63. The van der Waals surface area contributed by atoms with Crippen LogP contribution < -0.4 is 5.32 Å². The Labute approximate surface area is 206 Å². The number of morpholine rings is 1. The van der Waals surface area contributed by atoms with Gasteiger partial charge < -0.3 is 19.5 Å². The van der Waals surface area contributed by atoms with E-state index in [4.69, 9.17) is 9.73 Å². The lowest BCUT2D eigenvalue weighted by atomic mass is 10.0. The third-order valence-corrected chi connectivity index (χ3v) is 5.74. The molecule has 1 saturated heterocycles. The number of aromatic nitrogens is 3. The molecule has 2 heterocycles. The summed E-state index contributed by atoms with van der Waals surface area (Å²) >= 11 is 0. The topological polar surface area (TPSA) is 67.6 Å². The van der Waals surface area contributed by atoms with Gasteiger partial charge in [-0.3, -0.25) is 0 Å². The Morgan fingerprint density at radius 3 is 2.56 bits per heavy atom. The summed E-state index contributed by atoms with van der Waals surface area (Å²) in [6.45, 7) is 7.48. The Hall–Kier alpha value is -2.46. The van der Waals surface area contributed by atoms with E-state index in [1.807, 2.05) is 36.7 Å². The molecule has 1 N–H and O–H groups in total. The number of hydrogen-bond donors (Lipinski definition) is 1. The molecule has 3 aromatic rings. The number of aliphatic imine (C=N–C) groups is 1. The largest absolute Gasteiger partial charge is 0.370 e. The van der Waals surface area contributed by atoms with Gasteiger partial charge in [-0.05, 0) is 30.5 Å². The highest BCUT2D eigenvalue weighted by Gasteiger charge is 2.25. The molecule has 7 nitrogen and oxygen atoms in total. The van der Waals surface area contributed by atoms with Crippen molar-refractivity contribution >= 4 is 29.9 Å². The molecule has 0 bridgehead atoms. The zero-order valence-corrected chi connectivity index (χ0v) is 21.2. The first-order chi connectivity index (χ1) is 15.1. The lowest BCUT2D eigenvalue weighted by Crippen LogP contribution is -2.48. The second kappa shape index (κ2) is 11.4. The van der Waals surface area contributed by atoms with Crippen LogP contribution in [0.1, 0.15) is 34.4 Å². The van der Waals surface area contributed by atoms with E-state index in [0.29, 0.717) is 19.7 Å². The van der Waals surface area contributed by atoms with Gasteiger partial charge in [-0.25, -0.2) is 4.99 Å². The number of rotatable bonds is 5. The minimum atomic E-state index is 0. The minimum absolute atomic E-state index is 0. The molecule has 8 heteroatoms. The fraction of sp³-hybridized carbons (Fsp3) is 0.375. The first-order valence-corrected chi connectivity index (χ1v) is 10.7. The van der Waals surface area contributed by atoms with Gasteiger partial charge in [0.05, 0.1) is 26.2 Å². The molecule has 1 fully saturated rings. The quantitative estimate of drug-likeness (QED) is 0.300. The molecule has 1 unspecified atom stereocenters. The lowest BCUT2D eigenvalue weighted by Gasteiger charge is -2.36. The molecular weight excluding hydrogens is 515 g/mol.